The second kappa shape index (κ2) is 2.57. The summed E-state index contributed by atoms with van der Waals surface area (Å²) in [6, 6.07) is 3.57. The van der Waals surface area contributed by atoms with E-state index in [1.807, 2.05) is 6.07 Å². The van der Waals surface area contributed by atoms with Crippen molar-refractivity contribution in [3.8, 4) is 11.5 Å². The first-order valence-corrected chi connectivity index (χ1v) is 4.41. The monoisotopic (exact) mass is 191 g/mol. The first-order valence-electron chi connectivity index (χ1n) is 4.41. The number of nitrogen functional groups attached to an aromatic ring is 1. The Bertz CT molecular complexity index is 489. The van der Waals surface area contributed by atoms with E-state index in [0.717, 1.165) is 11.1 Å². The third-order valence-electron chi connectivity index (χ3n) is 2.27. The maximum Gasteiger partial charge on any atom is 0.172 e. The van der Waals surface area contributed by atoms with Crippen molar-refractivity contribution in [2.75, 3.05) is 18.9 Å². The fraction of sp³-hybridized carbons (Fsp3) is 0.200. The molecule has 1 aromatic heterocycles. The molecule has 0 fully saturated rings. The molecule has 0 saturated carbocycles. The second-order valence-corrected chi connectivity index (χ2v) is 3.15. The van der Waals surface area contributed by atoms with Crippen molar-refractivity contribution in [2.24, 2.45) is 0 Å². The van der Waals surface area contributed by atoms with Crippen LogP contribution in [0, 0.1) is 0 Å². The Hall–Kier alpha value is -1.84. The smallest absolute Gasteiger partial charge is 0.172 e. The third kappa shape index (κ3) is 0.878. The summed E-state index contributed by atoms with van der Waals surface area (Å²) in [6.07, 6.45) is 1.60. The van der Waals surface area contributed by atoms with Crippen molar-refractivity contribution in [2.45, 2.75) is 0 Å². The van der Waals surface area contributed by atoms with Crippen LogP contribution in [0.25, 0.3) is 11.0 Å². The van der Waals surface area contributed by atoms with Crippen molar-refractivity contribution in [1.82, 2.24) is 0 Å². The first kappa shape index (κ1) is 7.55. The van der Waals surface area contributed by atoms with Gasteiger partial charge in [0, 0.05) is 6.07 Å². The molecular formula is C10H9NO3. The summed E-state index contributed by atoms with van der Waals surface area (Å²) in [5.74, 6) is 1.43. The van der Waals surface area contributed by atoms with Gasteiger partial charge in [0.15, 0.2) is 17.1 Å². The number of hydrogen-bond donors (Lipinski definition) is 1. The van der Waals surface area contributed by atoms with Crippen molar-refractivity contribution in [3.63, 3.8) is 0 Å². The fourth-order valence-electron chi connectivity index (χ4n) is 1.67. The molecule has 4 nitrogen and oxygen atoms in total. The van der Waals surface area contributed by atoms with Gasteiger partial charge >= 0.3 is 0 Å². The number of anilines is 1. The molecule has 2 N–H and O–H groups in total. The van der Waals surface area contributed by atoms with Crippen molar-refractivity contribution >= 4 is 16.7 Å². The highest BCUT2D eigenvalue weighted by Gasteiger charge is 2.18. The predicted octanol–water partition coefficient (Wildman–Crippen LogP) is 1.79. The van der Waals surface area contributed by atoms with Gasteiger partial charge in [-0.25, -0.2) is 0 Å². The summed E-state index contributed by atoms with van der Waals surface area (Å²) in [4.78, 5) is 0. The van der Waals surface area contributed by atoms with Gasteiger partial charge in [-0.3, -0.25) is 0 Å². The standard InChI is InChI=1S/C10H9NO3/c11-7-5-8-10(14-4-3-12-8)6-1-2-13-9(6)7/h1-2,5H,3-4,11H2. The number of rotatable bonds is 0. The Morgan fingerprint density at radius 2 is 2.07 bits per heavy atom. The van der Waals surface area contributed by atoms with E-state index in [1.54, 1.807) is 12.3 Å². The lowest BCUT2D eigenvalue weighted by molar-refractivity contribution is 0.174. The molecule has 2 heterocycles. The number of hydrogen-bond acceptors (Lipinski definition) is 4. The van der Waals surface area contributed by atoms with Crippen molar-refractivity contribution in [1.29, 1.82) is 0 Å². The van der Waals surface area contributed by atoms with E-state index in [1.165, 1.54) is 0 Å². The lowest BCUT2D eigenvalue weighted by atomic mass is 10.2. The van der Waals surface area contributed by atoms with E-state index in [0.29, 0.717) is 30.2 Å². The van der Waals surface area contributed by atoms with Crippen LogP contribution in [-0.2, 0) is 0 Å². The zero-order valence-corrected chi connectivity index (χ0v) is 7.45. The largest absolute Gasteiger partial charge is 0.486 e. The molecule has 0 bridgehead atoms. The van der Waals surface area contributed by atoms with Gasteiger partial charge in [0.05, 0.1) is 17.3 Å². The molecule has 0 atom stereocenters. The van der Waals surface area contributed by atoms with Crippen LogP contribution in [0.2, 0.25) is 0 Å². The number of ether oxygens (including phenoxy) is 2. The molecule has 0 aliphatic carbocycles. The highest BCUT2D eigenvalue weighted by Crippen LogP contribution is 2.41. The Labute approximate surface area is 80.2 Å². The zero-order valence-electron chi connectivity index (χ0n) is 7.45. The molecule has 1 aliphatic heterocycles. The van der Waals surface area contributed by atoms with Gasteiger partial charge in [-0.1, -0.05) is 0 Å². The molecule has 0 amide bonds. The second-order valence-electron chi connectivity index (χ2n) is 3.15. The minimum Gasteiger partial charge on any atom is -0.486 e. The van der Waals surface area contributed by atoms with Crippen LogP contribution in [0.3, 0.4) is 0 Å². The lowest BCUT2D eigenvalue weighted by Gasteiger charge is -2.19. The molecule has 0 spiro atoms. The predicted molar refractivity (Wildman–Crippen MR) is 51.6 cm³/mol. The Kier molecular flexibility index (Phi) is 1.39. The normalized spacial score (nSPS) is 14.6. The van der Waals surface area contributed by atoms with E-state index in [4.69, 9.17) is 19.6 Å². The number of nitrogens with two attached hydrogens (primary N) is 1. The van der Waals surface area contributed by atoms with E-state index in [2.05, 4.69) is 0 Å². The van der Waals surface area contributed by atoms with Crippen molar-refractivity contribution < 1.29 is 13.9 Å². The van der Waals surface area contributed by atoms with Gasteiger partial charge in [0.2, 0.25) is 0 Å². The van der Waals surface area contributed by atoms with E-state index in [-0.39, 0.29) is 0 Å². The number of furan rings is 1. The molecule has 14 heavy (non-hydrogen) atoms. The summed E-state index contributed by atoms with van der Waals surface area (Å²) >= 11 is 0. The molecule has 4 heteroatoms. The fourth-order valence-corrected chi connectivity index (χ4v) is 1.67. The summed E-state index contributed by atoms with van der Waals surface area (Å²) in [5.41, 5.74) is 7.03. The molecule has 0 radical (unpaired) electrons. The number of benzene rings is 1. The molecule has 1 aliphatic rings. The van der Waals surface area contributed by atoms with Crippen molar-refractivity contribution in [3.05, 3.63) is 18.4 Å². The van der Waals surface area contributed by atoms with E-state index in [9.17, 15) is 0 Å². The molecule has 0 unspecified atom stereocenters. The average molecular weight is 191 g/mol. The van der Waals surface area contributed by atoms with Crippen LogP contribution in [0.15, 0.2) is 22.8 Å². The average Bonchev–Trinajstić information content (AvgIpc) is 2.67. The van der Waals surface area contributed by atoms with Gasteiger partial charge in [-0.15, -0.1) is 0 Å². The highest BCUT2D eigenvalue weighted by molar-refractivity contribution is 5.95. The maximum absolute atomic E-state index is 5.80. The lowest BCUT2D eigenvalue weighted by Crippen LogP contribution is -2.15. The quantitative estimate of drug-likeness (QED) is 0.645. The van der Waals surface area contributed by atoms with Gasteiger partial charge in [-0.2, -0.15) is 0 Å². The van der Waals surface area contributed by atoms with E-state index >= 15 is 0 Å². The summed E-state index contributed by atoms with van der Waals surface area (Å²) in [6.45, 7) is 1.13. The number of fused-ring (bicyclic) bond motifs is 3. The van der Waals surface area contributed by atoms with Gasteiger partial charge in [0.1, 0.15) is 13.2 Å². The van der Waals surface area contributed by atoms with Gasteiger partial charge in [-0.05, 0) is 6.07 Å². The van der Waals surface area contributed by atoms with Crippen LogP contribution >= 0.6 is 0 Å². The Balaban J connectivity index is 2.38. The third-order valence-corrected chi connectivity index (χ3v) is 2.27. The van der Waals surface area contributed by atoms with Crippen LogP contribution < -0.4 is 15.2 Å². The molecule has 3 rings (SSSR count). The molecule has 72 valence electrons. The molecule has 1 aromatic carbocycles. The Morgan fingerprint density at radius 1 is 1.21 bits per heavy atom. The molecular weight excluding hydrogens is 182 g/mol. The van der Waals surface area contributed by atoms with Crippen LogP contribution in [0.4, 0.5) is 5.69 Å². The maximum atomic E-state index is 5.80. The first-order chi connectivity index (χ1) is 6.86. The Morgan fingerprint density at radius 3 is 3.00 bits per heavy atom. The van der Waals surface area contributed by atoms with Crippen LogP contribution in [0.1, 0.15) is 0 Å². The minimum atomic E-state index is 0.565. The van der Waals surface area contributed by atoms with Gasteiger partial charge in [0.25, 0.3) is 0 Å². The summed E-state index contributed by atoms with van der Waals surface area (Å²) in [7, 11) is 0. The van der Waals surface area contributed by atoms with Crippen LogP contribution in [0.5, 0.6) is 11.5 Å². The zero-order chi connectivity index (χ0) is 9.54. The highest BCUT2D eigenvalue weighted by atomic mass is 16.6. The molecule has 0 saturated heterocycles. The summed E-state index contributed by atoms with van der Waals surface area (Å²) < 4.78 is 16.2. The van der Waals surface area contributed by atoms with E-state index < -0.39 is 0 Å². The van der Waals surface area contributed by atoms with Gasteiger partial charge < -0.3 is 19.6 Å². The molecule has 2 aromatic rings. The minimum absolute atomic E-state index is 0.565. The summed E-state index contributed by atoms with van der Waals surface area (Å²) in [5, 5.41) is 0.875. The topological polar surface area (TPSA) is 57.6 Å². The van der Waals surface area contributed by atoms with Crippen LogP contribution in [-0.4, -0.2) is 13.2 Å². The SMILES string of the molecule is Nc1cc2c(c3ccoc13)OCCO2.